The van der Waals surface area contributed by atoms with Crippen molar-refractivity contribution in [3.8, 4) is 0 Å². The van der Waals surface area contributed by atoms with E-state index in [4.69, 9.17) is 5.11 Å². The second-order valence-electron chi connectivity index (χ2n) is 4.94. The van der Waals surface area contributed by atoms with E-state index in [1.54, 1.807) is 17.0 Å². The maximum atomic E-state index is 12.2. The Morgan fingerprint density at radius 3 is 2.75 bits per heavy atom. The number of benzene rings is 1. The molecule has 0 heterocycles. The summed E-state index contributed by atoms with van der Waals surface area (Å²) >= 11 is 0. The number of carboxylic acids is 1. The van der Waals surface area contributed by atoms with Crippen molar-refractivity contribution in [2.45, 2.75) is 25.8 Å². The average molecular weight is 274 g/mol. The number of aryl methyl sites for hydroxylation is 1. The Morgan fingerprint density at radius 2 is 2.20 bits per heavy atom. The molecular weight excluding hydrogens is 256 g/mol. The van der Waals surface area contributed by atoms with Gasteiger partial charge in [-0.25, -0.2) is 9.59 Å². The molecule has 1 aromatic carbocycles. The quantitative estimate of drug-likeness (QED) is 0.811. The molecule has 106 valence electrons. The van der Waals surface area contributed by atoms with Gasteiger partial charge in [0.25, 0.3) is 0 Å². The fraction of sp³-hybridized carbons (Fsp3) is 0.333. The highest BCUT2D eigenvalue weighted by molar-refractivity contribution is 5.94. The molecule has 2 amide bonds. The number of hydrogen-bond acceptors (Lipinski definition) is 2. The van der Waals surface area contributed by atoms with E-state index in [1.165, 1.54) is 12.1 Å². The SMILES string of the molecule is C=CCN(C(=O)Nc1cc(C(=O)O)ccc1C)C1CC1. The number of carboxylic acid groups (broad SMARTS) is 1. The minimum Gasteiger partial charge on any atom is -0.478 e. The van der Waals surface area contributed by atoms with Gasteiger partial charge in [0.05, 0.1) is 5.56 Å². The van der Waals surface area contributed by atoms with E-state index in [9.17, 15) is 9.59 Å². The molecule has 20 heavy (non-hydrogen) atoms. The number of nitrogens with one attached hydrogen (secondary N) is 1. The van der Waals surface area contributed by atoms with Crippen LogP contribution >= 0.6 is 0 Å². The van der Waals surface area contributed by atoms with Crippen molar-refractivity contribution in [1.82, 2.24) is 4.90 Å². The number of hydrogen-bond donors (Lipinski definition) is 2. The second-order valence-corrected chi connectivity index (χ2v) is 4.94. The van der Waals surface area contributed by atoms with Crippen LogP contribution in [-0.4, -0.2) is 34.6 Å². The second kappa shape index (κ2) is 5.77. The number of anilines is 1. The lowest BCUT2D eigenvalue weighted by molar-refractivity contribution is 0.0697. The number of carbonyl (C=O) groups excluding carboxylic acids is 1. The fourth-order valence-electron chi connectivity index (χ4n) is 2.00. The van der Waals surface area contributed by atoms with Crippen LogP contribution in [0.3, 0.4) is 0 Å². The van der Waals surface area contributed by atoms with E-state index in [2.05, 4.69) is 11.9 Å². The molecule has 0 saturated heterocycles. The first-order valence-corrected chi connectivity index (χ1v) is 6.55. The van der Waals surface area contributed by atoms with Crippen molar-refractivity contribution >= 4 is 17.7 Å². The third kappa shape index (κ3) is 3.17. The van der Waals surface area contributed by atoms with Crippen LogP contribution in [0, 0.1) is 6.92 Å². The zero-order chi connectivity index (χ0) is 14.7. The molecule has 1 saturated carbocycles. The predicted octanol–water partition coefficient (Wildman–Crippen LogP) is 2.88. The summed E-state index contributed by atoms with van der Waals surface area (Å²) in [6.07, 6.45) is 3.71. The fourth-order valence-corrected chi connectivity index (χ4v) is 2.00. The van der Waals surface area contributed by atoms with Crippen molar-refractivity contribution in [2.24, 2.45) is 0 Å². The lowest BCUT2D eigenvalue weighted by atomic mass is 10.1. The smallest absolute Gasteiger partial charge is 0.335 e. The lowest BCUT2D eigenvalue weighted by Crippen LogP contribution is -2.37. The summed E-state index contributed by atoms with van der Waals surface area (Å²) in [6.45, 7) is 5.98. The van der Waals surface area contributed by atoms with Gasteiger partial charge in [-0.15, -0.1) is 6.58 Å². The zero-order valence-corrected chi connectivity index (χ0v) is 11.4. The van der Waals surface area contributed by atoms with Gasteiger partial charge < -0.3 is 15.3 Å². The number of urea groups is 1. The third-order valence-electron chi connectivity index (χ3n) is 3.30. The van der Waals surface area contributed by atoms with E-state index < -0.39 is 5.97 Å². The summed E-state index contributed by atoms with van der Waals surface area (Å²) in [5, 5.41) is 11.8. The topological polar surface area (TPSA) is 69.6 Å². The summed E-state index contributed by atoms with van der Waals surface area (Å²) in [6, 6.07) is 4.76. The van der Waals surface area contributed by atoms with Gasteiger partial charge in [-0.2, -0.15) is 0 Å². The summed E-state index contributed by atoms with van der Waals surface area (Å²) < 4.78 is 0. The van der Waals surface area contributed by atoms with Gasteiger partial charge in [-0.3, -0.25) is 0 Å². The molecule has 5 nitrogen and oxygen atoms in total. The van der Waals surface area contributed by atoms with Gasteiger partial charge in [0.2, 0.25) is 0 Å². The van der Waals surface area contributed by atoms with Crippen molar-refractivity contribution < 1.29 is 14.7 Å². The van der Waals surface area contributed by atoms with Crippen molar-refractivity contribution in [3.63, 3.8) is 0 Å². The Bertz CT molecular complexity index is 550. The monoisotopic (exact) mass is 274 g/mol. The van der Waals surface area contributed by atoms with Crippen LogP contribution in [0.15, 0.2) is 30.9 Å². The lowest BCUT2D eigenvalue weighted by Gasteiger charge is -2.22. The first-order chi connectivity index (χ1) is 9.52. The van der Waals surface area contributed by atoms with E-state index in [0.29, 0.717) is 12.2 Å². The first kappa shape index (κ1) is 14.1. The van der Waals surface area contributed by atoms with Crippen LogP contribution in [0.25, 0.3) is 0 Å². The highest BCUT2D eigenvalue weighted by atomic mass is 16.4. The summed E-state index contributed by atoms with van der Waals surface area (Å²) in [5.74, 6) is -1.01. The molecule has 5 heteroatoms. The minimum absolute atomic E-state index is 0.160. The highest BCUT2D eigenvalue weighted by Crippen LogP contribution is 2.27. The summed E-state index contributed by atoms with van der Waals surface area (Å²) in [4.78, 5) is 24.9. The maximum absolute atomic E-state index is 12.2. The van der Waals surface area contributed by atoms with Gasteiger partial charge >= 0.3 is 12.0 Å². The number of carbonyl (C=O) groups is 2. The van der Waals surface area contributed by atoms with Crippen molar-refractivity contribution in [2.75, 3.05) is 11.9 Å². The normalized spacial score (nSPS) is 13.7. The average Bonchev–Trinajstić information content (AvgIpc) is 3.22. The summed E-state index contributed by atoms with van der Waals surface area (Å²) in [7, 11) is 0. The maximum Gasteiger partial charge on any atom is 0.335 e. The van der Waals surface area contributed by atoms with Crippen LogP contribution < -0.4 is 5.32 Å². The Balaban J connectivity index is 2.15. The Morgan fingerprint density at radius 1 is 1.50 bits per heavy atom. The van der Waals surface area contributed by atoms with E-state index >= 15 is 0 Å². The minimum atomic E-state index is -1.01. The standard InChI is InChI=1S/C15H18N2O3/c1-3-8-17(12-6-7-12)15(20)16-13-9-11(14(18)19)5-4-10(13)2/h3-5,9,12H,1,6-8H2,2H3,(H,16,20)(H,18,19). The Kier molecular flexibility index (Phi) is 4.08. The van der Waals surface area contributed by atoms with Crippen LogP contribution in [0.2, 0.25) is 0 Å². The van der Waals surface area contributed by atoms with E-state index in [-0.39, 0.29) is 17.6 Å². The molecule has 1 aliphatic rings. The number of nitrogens with zero attached hydrogens (tertiary/aromatic N) is 1. The van der Waals surface area contributed by atoms with Gasteiger partial charge in [0, 0.05) is 18.3 Å². The molecule has 0 atom stereocenters. The predicted molar refractivity (Wildman–Crippen MR) is 77.1 cm³/mol. The molecule has 0 aromatic heterocycles. The zero-order valence-electron chi connectivity index (χ0n) is 11.4. The molecule has 0 radical (unpaired) electrons. The molecule has 0 aliphatic heterocycles. The number of aromatic carboxylic acids is 1. The molecule has 0 bridgehead atoms. The molecule has 0 spiro atoms. The number of amides is 2. The van der Waals surface area contributed by atoms with Crippen LogP contribution in [0.4, 0.5) is 10.5 Å². The van der Waals surface area contributed by atoms with Gasteiger partial charge in [-0.1, -0.05) is 12.1 Å². The Hall–Kier alpha value is -2.30. The molecule has 1 aromatic rings. The van der Waals surface area contributed by atoms with Crippen molar-refractivity contribution in [3.05, 3.63) is 42.0 Å². The Labute approximate surface area is 117 Å². The first-order valence-electron chi connectivity index (χ1n) is 6.55. The number of rotatable bonds is 5. The molecule has 2 N–H and O–H groups in total. The molecule has 1 fully saturated rings. The summed E-state index contributed by atoms with van der Waals surface area (Å²) in [5.41, 5.74) is 1.52. The van der Waals surface area contributed by atoms with Crippen molar-refractivity contribution in [1.29, 1.82) is 0 Å². The van der Waals surface area contributed by atoms with E-state index in [1.807, 2.05) is 6.92 Å². The van der Waals surface area contributed by atoms with Gasteiger partial charge in [0.15, 0.2) is 0 Å². The van der Waals surface area contributed by atoms with Gasteiger partial charge in [-0.05, 0) is 37.5 Å². The highest BCUT2D eigenvalue weighted by Gasteiger charge is 2.31. The van der Waals surface area contributed by atoms with E-state index in [0.717, 1.165) is 18.4 Å². The molecule has 0 unspecified atom stereocenters. The largest absolute Gasteiger partial charge is 0.478 e. The third-order valence-corrected chi connectivity index (χ3v) is 3.30. The van der Waals surface area contributed by atoms with Crippen LogP contribution in [0.5, 0.6) is 0 Å². The molecule has 2 rings (SSSR count). The van der Waals surface area contributed by atoms with Crippen LogP contribution in [-0.2, 0) is 0 Å². The molecule has 1 aliphatic carbocycles. The molecular formula is C15H18N2O3. The van der Waals surface area contributed by atoms with Gasteiger partial charge in [0.1, 0.15) is 0 Å². The van der Waals surface area contributed by atoms with Crippen LogP contribution in [0.1, 0.15) is 28.8 Å².